The first-order valence-corrected chi connectivity index (χ1v) is 22.3. The van der Waals surface area contributed by atoms with E-state index in [0.29, 0.717) is 136 Å². The average Bonchev–Trinajstić information content (AvgIpc) is 3.36. The summed E-state index contributed by atoms with van der Waals surface area (Å²) in [5.41, 5.74) is 3.46. The fraction of sp³-hybridized carbons (Fsp3) is 0.259. The molecule has 0 fully saturated rings. The zero-order valence-corrected chi connectivity index (χ0v) is 38.5. The highest BCUT2D eigenvalue weighted by Gasteiger charge is 2.14. The topological polar surface area (TPSA) is 170 Å². The van der Waals surface area contributed by atoms with Crippen LogP contribution in [0.3, 0.4) is 0 Å². The van der Waals surface area contributed by atoms with Crippen molar-refractivity contribution in [3.8, 4) is 34.5 Å². The van der Waals surface area contributed by atoms with Crippen LogP contribution in [0.1, 0.15) is 52.6 Å². The molecule has 0 N–H and O–H groups in total. The van der Waals surface area contributed by atoms with E-state index in [1.54, 1.807) is 72.8 Å². The molecule has 0 aliphatic rings. The van der Waals surface area contributed by atoms with Gasteiger partial charge in [-0.05, 0) is 135 Å². The Balaban J connectivity index is 0.696. The van der Waals surface area contributed by atoms with Crippen molar-refractivity contribution in [2.75, 3.05) is 79.3 Å². The van der Waals surface area contributed by atoms with Crippen LogP contribution in [0, 0.1) is 13.8 Å². The predicted octanol–water partition coefficient (Wildman–Crippen LogP) is 8.72. The number of ether oxygens (including phenoxy) is 11. The van der Waals surface area contributed by atoms with Gasteiger partial charge < -0.3 is 52.1 Å². The maximum absolute atomic E-state index is 12.6. The average molecular weight is 943 g/mol. The van der Waals surface area contributed by atoms with Crippen molar-refractivity contribution in [1.82, 2.24) is 0 Å². The van der Waals surface area contributed by atoms with E-state index in [9.17, 15) is 19.2 Å². The summed E-state index contributed by atoms with van der Waals surface area (Å²) >= 11 is 0. The molecule has 0 amide bonds. The van der Waals surface area contributed by atoms with Crippen LogP contribution in [0.25, 0.3) is 0 Å². The summed E-state index contributed by atoms with van der Waals surface area (Å²) in [6, 6.07) is 39.7. The molecule has 0 aliphatic carbocycles. The first-order chi connectivity index (χ1) is 33.7. The second-order valence-electron chi connectivity index (χ2n) is 15.0. The molecule has 15 nitrogen and oxygen atoms in total. The van der Waals surface area contributed by atoms with Crippen LogP contribution in [0.2, 0.25) is 0 Å². The fourth-order valence-electron chi connectivity index (χ4n) is 5.99. The van der Waals surface area contributed by atoms with Crippen LogP contribution in [0.5, 0.6) is 34.5 Å². The van der Waals surface area contributed by atoms with E-state index in [0.717, 1.165) is 11.1 Å². The quantitative estimate of drug-likeness (QED) is 0.0260. The zero-order chi connectivity index (χ0) is 48.5. The van der Waals surface area contributed by atoms with Gasteiger partial charge in [-0.2, -0.15) is 0 Å². The number of carbonyl (C=O) groups excluding carboxylic acids is 4. The molecular formula is C54H54O15. The molecule has 0 spiro atoms. The van der Waals surface area contributed by atoms with Gasteiger partial charge in [-0.15, -0.1) is 0 Å². The van der Waals surface area contributed by atoms with Crippen molar-refractivity contribution >= 4 is 23.9 Å². The normalized spacial score (nSPS) is 10.8. The number of esters is 4. The summed E-state index contributed by atoms with van der Waals surface area (Å²) in [5, 5.41) is 0. The van der Waals surface area contributed by atoms with E-state index in [2.05, 4.69) is 0 Å². The Kier molecular flexibility index (Phi) is 20.7. The molecule has 0 saturated heterocycles. The van der Waals surface area contributed by atoms with Gasteiger partial charge >= 0.3 is 23.9 Å². The standard InChI is InChI=1S/C54H54O15/c1-39-3-15-47(16-4-39)66-53(57)43-11-23-49(24-12-43)68-51(55)41-7-19-45(20-8-41)64-37-35-62-33-31-60-29-27-59-28-30-61-32-34-63-36-38-65-46-21-9-42(10-22-46)52(56)69-50-25-13-44(14-26-50)54(58)67-48-17-5-40(2)6-18-48/h3-26H,27-38H2,1-2H3. The lowest BCUT2D eigenvalue weighted by molar-refractivity contribution is -0.0141. The van der Waals surface area contributed by atoms with Crippen LogP contribution in [0.15, 0.2) is 146 Å². The molecule has 0 aromatic heterocycles. The van der Waals surface area contributed by atoms with E-state index in [4.69, 9.17) is 52.1 Å². The zero-order valence-electron chi connectivity index (χ0n) is 38.5. The van der Waals surface area contributed by atoms with Gasteiger partial charge in [0.1, 0.15) is 47.7 Å². The van der Waals surface area contributed by atoms with Crippen molar-refractivity contribution in [2.45, 2.75) is 13.8 Å². The molecule has 69 heavy (non-hydrogen) atoms. The molecule has 0 unspecified atom stereocenters. The van der Waals surface area contributed by atoms with E-state index < -0.39 is 23.9 Å². The second-order valence-corrected chi connectivity index (χ2v) is 15.0. The highest BCUT2D eigenvalue weighted by molar-refractivity contribution is 5.94. The van der Waals surface area contributed by atoms with Crippen molar-refractivity contribution < 1.29 is 71.3 Å². The van der Waals surface area contributed by atoms with E-state index >= 15 is 0 Å². The number of aryl methyl sites for hydroxylation is 2. The van der Waals surface area contributed by atoms with Gasteiger partial charge in [0.05, 0.1) is 88.3 Å². The Bertz CT molecular complexity index is 2310. The molecule has 6 aromatic carbocycles. The lowest BCUT2D eigenvalue weighted by Gasteiger charge is -2.10. The Morgan fingerprint density at radius 1 is 0.261 bits per heavy atom. The maximum Gasteiger partial charge on any atom is 0.343 e. The van der Waals surface area contributed by atoms with Crippen LogP contribution in [-0.4, -0.2) is 103 Å². The molecule has 6 aromatic rings. The molecule has 6 rings (SSSR count). The number of hydrogen-bond donors (Lipinski definition) is 0. The molecule has 0 heterocycles. The molecule has 0 bridgehead atoms. The van der Waals surface area contributed by atoms with Crippen LogP contribution < -0.4 is 28.4 Å². The lowest BCUT2D eigenvalue weighted by Crippen LogP contribution is -2.15. The number of carbonyl (C=O) groups is 4. The minimum absolute atomic E-state index is 0.292. The highest BCUT2D eigenvalue weighted by atomic mass is 16.6. The van der Waals surface area contributed by atoms with Crippen molar-refractivity contribution in [3.63, 3.8) is 0 Å². The summed E-state index contributed by atoms with van der Waals surface area (Å²) in [5.74, 6) is 0.517. The van der Waals surface area contributed by atoms with Gasteiger partial charge in [-0.1, -0.05) is 35.4 Å². The van der Waals surface area contributed by atoms with E-state index in [-0.39, 0.29) is 0 Å². The molecular weight excluding hydrogens is 889 g/mol. The van der Waals surface area contributed by atoms with Gasteiger partial charge in [0, 0.05) is 0 Å². The Labute approximate surface area is 400 Å². The van der Waals surface area contributed by atoms with Crippen molar-refractivity contribution in [3.05, 3.63) is 179 Å². The predicted molar refractivity (Wildman–Crippen MR) is 253 cm³/mol. The van der Waals surface area contributed by atoms with Crippen molar-refractivity contribution in [1.29, 1.82) is 0 Å². The van der Waals surface area contributed by atoms with Crippen molar-refractivity contribution in [2.24, 2.45) is 0 Å². The van der Waals surface area contributed by atoms with Crippen LogP contribution >= 0.6 is 0 Å². The monoisotopic (exact) mass is 942 g/mol. The molecule has 15 heteroatoms. The summed E-state index contributed by atoms with van der Waals surface area (Å²) in [4.78, 5) is 50.1. The smallest absolute Gasteiger partial charge is 0.343 e. The number of rotatable bonds is 28. The Morgan fingerprint density at radius 3 is 0.681 bits per heavy atom. The number of hydrogen-bond acceptors (Lipinski definition) is 15. The SMILES string of the molecule is Cc1ccc(OC(=O)c2ccc(OC(=O)c3ccc(OCCOCCOCCOCCOCCOCCOc4ccc(C(=O)Oc5ccc(C(=O)Oc6ccc(C)cc6)cc5)cc4)cc3)cc2)cc1. The fourth-order valence-corrected chi connectivity index (χ4v) is 5.99. The minimum atomic E-state index is -0.547. The van der Waals surface area contributed by atoms with Crippen LogP contribution in [0.4, 0.5) is 0 Å². The third kappa shape index (κ3) is 18.3. The third-order valence-electron chi connectivity index (χ3n) is 9.73. The molecule has 360 valence electrons. The van der Waals surface area contributed by atoms with Gasteiger partial charge in [-0.3, -0.25) is 0 Å². The van der Waals surface area contributed by atoms with E-state index in [1.807, 2.05) is 38.1 Å². The summed E-state index contributed by atoms with van der Waals surface area (Å²) in [7, 11) is 0. The summed E-state index contributed by atoms with van der Waals surface area (Å²) in [6.45, 7) is 8.55. The van der Waals surface area contributed by atoms with E-state index in [1.165, 1.54) is 48.5 Å². The second kappa shape index (κ2) is 28.1. The highest BCUT2D eigenvalue weighted by Crippen LogP contribution is 2.21. The van der Waals surface area contributed by atoms with Gasteiger partial charge in [0.2, 0.25) is 0 Å². The summed E-state index contributed by atoms with van der Waals surface area (Å²) < 4.78 is 60.8. The molecule has 0 radical (unpaired) electrons. The van der Waals surface area contributed by atoms with Gasteiger partial charge in [0.15, 0.2) is 0 Å². The maximum atomic E-state index is 12.6. The molecule has 0 aliphatic heterocycles. The first kappa shape index (κ1) is 51.0. The minimum Gasteiger partial charge on any atom is -0.491 e. The number of benzene rings is 6. The first-order valence-electron chi connectivity index (χ1n) is 22.3. The van der Waals surface area contributed by atoms with Crippen LogP contribution in [-0.2, 0) is 23.7 Å². The Hall–Kier alpha value is -7.40. The van der Waals surface area contributed by atoms with Gasteiger partial charge in [-0.25, -0.2) is 19.2 Å². The Morgan fingerprint density at radius 2 is 0.449 bits per heavy atom. The molecule has 0 atom stereocenters. The summed E-state index contributed by atoms with van der Waals surface area (Å²) in [6.07, 6.45) is 0. The lowest BCUT2D eigenvalue weighted by atomic mass is 10.2. The third-order valence-corrected chi connectivity index (χ3v) is 9.73. The molecule has 0 saturated carbocycles. The van der Waals surface area contributed by atoms with Gasteiger partial charge in [0.25, 0.3) is 0 Å². The largest absolute Gasteiger partial charge is 0.491 e.